The third-order valence-electron chi connectivity index (χ3n) is 4.34. The predicted octanol–water partition coefficient (Wildman–Crippen LogP) is 2.63. The summed E-state index contributed by atoms with van der Waals surface area (Å²) >= 11 is 0. The van der Waals surface area contributed by atoms with Crippen LogP contribution in [0.3, 0.4) is 0 Å². The van der Waals surface area contributed by atoms with Crippen molar-refractivity contribution in [1.29, 1.82) is 0 Å². The summed E-state index contributed by atoms with van der Waals surface area (Å²) in [7, 11) is 0. The fraction of sp³-hybridized carbons (Fsp3) is 0.318. The highest BCUT2D eigenvalue weighted by Gasteiger charge is 2.16. The van der Waals surface area contributed by atoms with Gasteiger partial charge in [0.15, 0.2) is 5.78 Å². The third kappa shape index (κ3) is 8.25. The predicted molar refractivity (Wildman–Crippen MR) is 111 cm³/mol. The summed E-state index contributed by atoms with van der Waals surface area (Å²) in [5.74, 6) is -2.55. The van der Waals surface area contributed by atoms with E-state index in [1.54, 1.807) is 55.5 Å². The zero-order valence-electron chi connectivity index (χ0n) is 16.5. The number of carboxylic acids is 2. The van der Waals surface area contributed by atoms with E-state index in [0.29, 0.717) is 29.7 Å². The second-order valence-corrected chi connectivity index (χ2v) is 6.61. The molecule has 0 aliphatic heterocycles. The molecule has 2 aromatic rings. The monoisotopic (exact) mass is 400 g/mol. The van der Waals surface area contributed by atoms with E-state index in [-0.39, 0.29) is 5.78 Å². The SMILES string of the molecule is C[C@@H](C(=O)O)c1cccc(C(=O)c2ccccc2)c1.NCCCC[C@@H](N)C(=O)O. The fourth-order valence-corrected chi connectivity index (χ4v) is 2.48. The molecule has 2 aromatic carbocycles. The first-order valence-electron chi connectivity index (χ1n) is 9.38. The van der Waals surface area contributed by atoms with Crippen LogP contribution < -0.4 is 11.5 Å². The van der Waals surface area contributed by atoms with Crippen LogP contribution in [0.15, 0.2) is 54.6 Å². The minimum Gasteiger partial charge on any atom is -0.481 e. The Kier molecular flexibility index (Phi) is 10.3. The highest BCUT2D eigenvalue weighted by atomic mass is 16.4. The van der Waals surface area contributed by atoms with E-state index in [4.69, 9.17) is 21.7 Å². The van der Waals surface area contributed by atoms with Crippen molar-refractivity contribution in [1.82, 2.24) is 0 Å². The molecule has 0 unspecified atom stereocenters. The van der Waals surface area contributed by atoms with Gasteiger partial charge in [-0.1, -0.05) is 55.0 Å². The molecule has 0 aromatic heterocycles. The molecule has 0 radical (unpaired) electrons. The maximum absolute atomic E-state index is 12.2. The summed E-state index contributed by atoms with van der Waals surface area (Å²) in [6.07, 6.45) is 2.16. The lowest BCUT2D eigenvalue weighted by atomic mass is 9.96. The molecule has 0 amide bonds. The standard InChI is InChI=1S/C16H14O3.C6H14N2O2/c1-11(16(18)19)13-8-5-9-14(10-13)15(17)12-6-3-2-4-7-12;7-4-2-1-3-5(8)6(9)10/h2-11H,1H3,(H,18,19);5H,1-4,7-8H2,(H,9,10)/t11-;5-/m11/s1. The van der Waals surface area contributed by atoms with E-state index in [1.807, 2.05) is 6.07 Å². The first-order chi connectivity index (χ1) is 13.8. The summed E-state index contributed by atoms with van der Waals surface area (Å²) < 4.78 is 0. The fourth-order valence-electron chi connectivity index (χ4n) is 2.48. The lowest BCUT2D eigenvalue weighted by Crippen LogP contribution is -2.29. The molecular weight excluding hydrogens is 372 g/mol. The van der Waals surface area contributed by atoms with Crippen LogP contribution in [0, 0.1) is 0 Å². The van der Waals surface area contributed by atoms with E-state index in [2.05, 4.69) is 0 Å². The maximum Gasteiger partial charge on any atom is 0.320 e. The molecule has 0 aliphatic carbocycles. The highest BCUT2D eigenvalue weighted by molar-refractivity contribution is 6.09. The second kappa shape index (κ2) is 12.4. The minimum atomic E-state index is -0.933. The Morgan fingerprint density at radius 3 is 2.07 bits per heavy atom. The number of hydrogen-bond donors (Lipinski definition) is 4. The number of carboxylic acid groups (broad SMARTS) is 2. The molecule has 0 aliphatic rings. The molecule has 29 heavy (non-hydrogen) atoms. The summed E-state index contributed by atoms with van der Waals surface area (Å²) in [6.45, 7) is 2.21. The van der Waals surface area contributed by atoms with Crippen molar-refractivity contribution in [2.24, 2.45) is 11.5 Å². The summed E-state index contributed by atoms with van der Waals surface area (Å²) in [4.78, 5) is 33.3. The van der Waals surface area contributed by atoms with Crippen LogP contribution in [0.2, 0.25) is 0 Å². The Hall–Kier alpha value is -3.03. The molecule has 7 heteroatoms. The largest absolute Gasteiger partial charge is 0.481 e. The van der Waals surface area contributed by atoms with Crippen molar-refractivity contribution in [3.8, 4) is 0 Å². The van der Waals surface area contributed by atoms with Crippen LogP contribution in [-0.2, 0) is 9.59 Å². The van der Waals surface area contributed by atoms with Crippen LogP contribution in [0.1, 0.15) is 53.6 Å². The number of carbonyl (C=O) groups excluding carboxylic acids is 1. The number of carbonyl (C=O) groups is 3. The Labute approximate surface area is 170 Å². The highest BCUT2D eigenvalue weighted by Crippen LogP contribution is 2.18. The van der Waals surface area contributed by atoms with Gasteiger partial charge in [-0.2, -0.15) is 0 Å². The lowest BCUT2D eigenvalue weighted by Gasteiger charge is -2.08. The van der Waals surface area contributed by atoms with E-state index in [1.165, 1.54) is 0 Å². The molecular formula is C22H28N2O5. The number of aliphatic carboxylic acids is 2. The number of hydrogen-bond acceptors (Lipinski definition) is 5. The normalized spacial score (nSPS) is 12.2. The molecule has 156 valence electrons. The van der Waals surface area contributed by atoms with Crippen LogP contribution in [0.4, 0.5) is 0 Å². The molecule has 0 fully saturated rings. The number of rotatable bonds is 9. The first kappa shape index (κ1) is 24.0. The van der Waals surface area contributed by atoms with Crippen molar-refractivity contribution < 1.29 is 24.6 Å². The smallest absolute Gasteiger partial charge is 0.320 e. The Bertz CT molecular complexity index is 808. The van der Waals surface area contributed by atoms with Crippen LogP contribution in [-0.4, -0.2) is 40.5 Å². The molecule has 7 nitrogen and oxygen atoms in total. The van der Waals surface area contributed by atoms with Gasteiger partial charge >= 0.3 is 11.9 Å². The maximum atomic E-state index is 12.2. The van der Waals surface area contributed by atoms with Gasteiger partial charge in [-0.15, -0.1) is 0 Å². The van der Waals surface area contributed by atoms with Gasteiger partial charge in [0, 0.05) is 11.1 Å². The second-order valence-electron chi connectivity index (χ2n) is 6.61. The van der Waals surface area contributed by atoms with Crippen LogP contribution in [0.25, 0.3) is 0 Å². The van der Waals surface area contributed by atoms with Crippen LogP contribution in [0.5, 0.6) is 0 Å². The summed E-state index contributed by atoms with van der Waals surface area (Å²) in [5.41, 5.74) is 12.2. The minimum absolute atomic E-state index is 0.0972. The molecule has 6 N–H and O–H groups in total. The molecule has 2 rings (SSSR count). The summed E-state index contributed by atoms with van der Waals surface area (Å²) in [6, 6.07) is 15.0. The van der Waals surface area contributed by atoms with E-state index < -0.39 is 23.9 Å². The van der Waals surface area contributed by atoms with Gasteiger partial charge in [-0.25, -0.2) is 0 Å². The van der Waals surface area contributed by atoms with Crippen molar-refractivity contribution in [3.63, 3.8) is 0 Å². The zero-order valence-corrected chi connectivity index (χ0v) is 16.5. The quantitative estimate of drug-likeness (QED) is 0.374. The molecule has 0 saturated carbocycles. The average Bonchev–Trinajstić information content (AvgIpc) is 2.73. The number of unbranched alkanes of at least 4 members (excludes halogenated alkanes) is 1. The van der Waals surface area contributed by atoms with E-state index in [0.717, 1.165) is 12.8 Å². The zero-order chi connectivity index (χ0) is 21.8. The van der Waals surface area contributed by atoms with Gasteiger partial charge in [0.25, 0.3) is 0 Å². The summed E-state index contributed by atoms with van der Waals surface area (Å²) in [5, 5.41) is 17.3. The molecule has 2 atom stereocenters. The molecule has 0 saturated heterocycles. The lowest BCUT2D eigenvalue weighted by molar-refractivity contribution is -0.139. The average molecular weight is 400 g/mol. The van der Waals surface area contributed by atoms with Gasteiger partial charge in [-0.05, 0) is 37.9 Å². The van der Waals surface area contributed by atoms with Crippen LogP contribution >= 0.6 is 0 Å². The van der Waals surface area contributed by atoms with Gasteiger partial charge in [0.05, 0.1) is 5.92 Å². The van der Waals surface area contributed by atoms with Gasteiger partial charge in [0.1, 0.15) is 6.04 Å². The third-order valence-corrected chi connectivity index (χ3v) is 4.34. The topological polar surface area (TPSA) is 144 Å². The number of benzene rings is 2. The van der Waals surface area contributed by atoms with Gasteiger partial charge < -0.3 is 21.7 Å². The molecule has 0 spiro atoms. The Morgan fingerprint density at radius 2 is 1.52 bits per heavy atom. The van der Waals surface area contributed by atoms with Crippen molar-refractivity contribution in [3.05, 3.63) is 71.3 Å². The van der Waals surface area contributed by atoms with Crippen molar-refractivity contribution in [2.75, 3.05) is 6.54 Å². The molecule has 0 bridgehead atoms. The van der Waals surface area contributed by atoms with Gasteiger partial charge in [0.2, 0.25) is 0 Å². The Balaban J connectivity index is 0.000000359. The van der Waals surface area contributed by atoms with Crippen molar-refractivity contribution in [2.45, 2.75) is 38.1 Å². The van der Waals surface area contributed by atoms with Gasteiger partial charge in [-0.3, -0.25) is 14.4 Å². The van der Waals surface area contributed by atoms with Crippen molar-refractivity contribution >= 4 is 17.7 Å². The number of ketones is 1. The van der Waals surface area contributed by atoms with E-state index in [9.17, 15) is 14.4 Å². The number of nitrogens with two attached hydrogens (primary N) is 2. The first-order valence-corrected chi connectivity index (χ1v) is 9.38. The Morgan fingerprint density at radius 1 is 0.897 bits per heavy atom. The molecule has 0 heterocycles. The van der Waals surface area contributed by atoms with E-state index >= 15 is 0 Å².